The van der Waals surface area contributed by atoms with E-state index in [4.69, 9.17) is 4.52 Å². The summed E-state index contributed by atoms with van der Waals surface area (Å²) < 4.78 is 7.62. The summed E-state index contributed by atoms with van der Waals surface area (Å²) >= 11 is 0. The van der Waals surface area contributed by atoms with Gasteiger partial charge in [-0.3, -0.25) is 9.58 Å². The molecule has 0 radical (unpaired) electrons. The van der Waals surface area contributed by atoms with E-state index in [-0.39, 0.29) is 18.4 Å². The van der Waals surface area contributed by atoms with Crippen molar-refractivity contribution >= 4 is 12.4 Å². The molecule has 3 heterocycles. The first-order chi connectivity index (χ1) is 12.0. The summed E-state index contributed by atoms with van der Waals surface area (Å²) in [4.78, 5) is 6.90. The summed E-state index contributed by atoms with van der Waals surface area (Å²) in [6.45, 7) is 12.5. The summed E-state index contributed by atoms with van der Waals surface area (Å²) in [7, 11) is 2.11. The molecule has 7 nitrogen and oxygen atoms in total. The summed E-state index contributed by atoms with van der Waals surface area (Å²) in [5, 5.41) is 12.3. The lowest BCUT2D eigenvalue weighted by molar-refractivity contribution is 0.190. The minimum absolute atomic E-state index is 0. The second kappa shape index (κ2) is 8.97. The average Bonchev–Trinajstić information content (AvgIpc) is 3.12. The van der Waals surface area contributed by atoms with Gasteiger partial charge in [0.15, 0.2) is 5.82 Å². The summed E-state index contributed by atoms with van der Waals surface area (Å²) in [5.41, 5.74) is 3.66. The average molecular weight is 383 g/mol. The van der Waals surface area contributed by atoms with Crippen molar-refractivity contribution in [3.05, 3.63) is 28.7 Å². The molecule has 0 amide bonds. The first kappa shape index (κ1) is 20.9. The summed E-state index contributed by atoms with van der Waals surface area (Å²) in [6.07, 6.45) is 1.64. The quantitative estimate of drug-likeness (QED) is 0.826. The van der Waals surface area contributed by atoms with Crippen molar-refractivity contribution in [3.8, 4) is 0 Å². The zero-order valence-corrected chi connectivity index (χ0v) is 17.3. The van der Waals surface area contributed by atoms with Crippen molar-refractivity contribution in [2.45, 2.75) is 53.1 Å². The zero-order chi connectivity index (χ0) is 18.0. The van der Waals surface area contributed by atoms with E-state index in [0.717, 1.165) is 50.5 Å². The molecule has 1 N–H and O–H groups in total. The molecule has 0 aliphatic carbocycles. The van der Waals surface area contributed by atoms with Gasteiger partial charge in [0.25, 0.3) is 0 Å². The number of hydrogen-bond donors (Lipinski definition) is 1. The zero-order valence-electron chi connectivity index (χ0n) is 16.4. The van der Waals surface area contributed by atoms with Gasteiger partial charge in [-0.05, 0) is 38.8 Å². The molecule has 2 aromatic rings. The van der Waals surface area contributed by atoms with E-state index < -0.39 is 0 Å². The molecule has 1 unspecified atom stereocenters. The Labute approximate surface area is 161 Å². The standard InChI is InChI=1S/C18H30N6O.ClH/c1-12(2)11-24-14(4)15(13(3)21-24)6-7-17-20-18(22-25-17)16-10-19-8-9-23(16)5;/h12,16,19H,6-11H2,1-5H3;1H. The Morgan fingerprint density at radius 1 is 1.27 bits per heavy atom. The predicted molar refractivity (Wildman–Crippen MR) is 104 cm³/mol. The van der Waals surface area contributed by atoms with Crippen LogP contribution in [0.5, 0.6) is 0 Å². The van der Waals surface area contributed by atoms with Crippen molar-refractivity contribution in [1.29, 1.82) is 0 Å². The number of nitrogens with one attached hydrogen (secondary N) is 1. The van der Waals surface area contributed by atoms with Crippen LogP contribution in [0.3, 0.4) is 0 Å². The third kappa shape index (κ3) is 4.64. The lowest BCUT2D eigenvalue weighted by atomic mass is 10.1. The fourth-order valence-corrected chi connectivity index (χ4v) is 3.45. The van der Waals surface area contributed by atoms with Crippen LogP contribution in [0.15, 0.2) is 4.52 Å². The Bertz CT molecular complexity index is 711. The Hall–Kier alpha value is -1.44. The van der Waals surface area contributed by atoms with E-state index in [1.807, 2.05) is 0 Å². The van der Waals surface area contributed by atoms with Crippen LogP contribution in [0.2, 0.25) is 0 Å². The maximum atomic E-state index is 5.50. The Morgan fingerprint density at radius 2 is 2.04 bits per heavy atom. The second-order valence-electron chi connectivity index (χ2n) is 7.47. The number of aromatic nitrogens is 4. The third-order valence-corrected chi connectivity index (χ3v) is 4.95. The SMILES string of the molecule is Cc1nn(CC(C)C)c(C)c1CCc1nc(C2CNCCN2C)no1.Cl. The Kier molecular flexibility index (Phi) is 7.20. The van der Waals surface area contributed by atoms with Gasteiger partial charge >= 0.3 is 0 Å². The van der Waals surface area contributed by atoms with Gasteiger partial charge in [-0.2, -0.15) is 10.1 Å². The minimum atomic E-state index is 0. The van der Waals surface area contributed by atoms with Crippen molar-refractivity contribution in [1.82, 2.24) is 30.1 Å². The van der Waals surface area contributed by atoms with Gasteiger partial charge in [-0.1, -0.05) is 19.0 Å². The van der Waals surface area contributed by atoms with Gasteiger partial charge in [0, 0.05) is 38.3 Å². The lowest BCUT2D eigenvalue weighted by Crippen LogP contribution is -2.44. The van der Waals surface area contributed by atoms with E-state index in [9.17, 15) is 0 Å². The molecule has 1 aliphatic heterocycles. The molecule has 1 aliphatic rings. The van der Waals surface area contributed by atoms with E-state index in [0.29, 0.717) is 11.8 Å². The third-order valence-electron chi connectivity index (χ3n) is 4.95. The van der Waals surface area contributed by atoms with Crippen molar-refractivity contribution in [2.24, 2.45) is 5.92 Å². The molecule has 1 atom stereocenters. The molecule has 8 heteroatoms. The molecule has 146 valence electrons. The number of hydrogen-bond acceptors (Lipinski definition) is 6. The van der Waals surface area contributed by atoms with Crippen LogP contribution in [0, 0.1) is 19.8 Å². The molecule has 1 saturated heterocycles. The normalized spacial score (nSPS) is 18.3. The molecule has 0 bridgehead atoms. The predicted octanol–water partition coefficient (Wildman–Crippen LogP) is 2.32. The summed E-state index contributed by atoms with van der Waals surface area (Å²) in [5.74, 6) is 2.09. The van der Waals surface area contributed by atoms with Crippen LogP contribution in [0.1, 0.15) is 48.6 Å². The van der Waals surface area contributed by atoms with Crippen LogP contribution in [-0.2, 0) is 19.4 Å². The highest BCUT2D eigenvalue weighted by Crippen LogP contribution is 2.20. The molecular formula is C18H31ClN6O. The number of aryl methyl sites for hydroxylation is 2. The fraction of sp³-hybridized carbons (Fsp3) is 0.722. The van der Waals surface area contributed by atoms with Crippen LogP contribution >= 0.6 is 12.4 Å². The molecule has 2 aromatic heterocycles. The first-order valence-electron chi connectivity index (χ1n) is 9.22. The molecule has 1 fully saturated rings. The topological polar surface area (TPSA) is 72.0 Å². The maximum absolute atomic E-state index is 5.50. The van der Waals surface area contributed by atoms with Gasteiger partial charge in [0.05, 0.1) is 11.7 Å². The number of likely N-dealkylation sites (N-methyl/N-ethyl adjacent to an activating group) is 1. The van der Waals surface area contributed by atoms with Gasteiger partial charge in [0.2, 0.25) is 5.89 Å². The van der Waals surface area contributed by atoms with E-state index in [1.165, 1.54) is 11.3 Å². The van der Waals surface area contributed by atoms with Crippen LogP contribution in [0.4, 0.5) is 0 Å². The monoisotopic (exact) mass is 382 g/mol. The smallest absolute Gasteiger partial charge is 0.227 e. The van der Waals surface area contributed by atoms with Crippen LogP contribution in [-0.4, -0.2) is 51.5 Å². The highest BCUT2D eigenvalue weighted by Gasteiger charge is 2.25. The number of halogens is 1. The van der Waals surface area contributed by atoms with Crippen molar-refractivity contribution in [3.63, 3.8) is 0 Å². The van der Waals surface area contributed by atoms with Crippen LogP contribution < -0.4 is 5.32 Å². The second-order valence-corrected chi connectivity index (χ2v) is 7.47. The van der Waals surface area contributed by atoms with Gasteiger partial charge in [-0.25, -0.2) is 0 Å². The van der Waals surface area contributed by atoms with Crippen molar-refractivity contribution in [2.75, 3.05) is 26.7 Å². The molecule has 0 saturated carbocycles. The Balaban J connectivity index is 0.00000243. The Morgan fingerprint density at radius 3 is 2.73 bits per heavy atom. The lowest BCUT2D eigenvalue weighted by Gasteiger charge is -2.30. The molecule has 3 rings (SSSR count). The van der Waals surface area contributed by atoms with Gasteiger partial charge in [0.1, 0.15) is 0 Å². The molecular weight excluding hydrogens is 352 g/mol. The number of piperazine rings is 1. The fourth-order valence-electron chi connectivity index (χ4n) is 3.45. The first-order valence-corrected chi connectivity index (χ1v) is 9.22. The summed E-state index contributed by atoms with van der Waals surface area (Å²) in [6, 6.07) is 0.198. The molecule has 26 heavy (non-hydrogen) atoms. The van der Waals surface area contributed by atoms with E-state index in [1.54, 1.807) is 0 Å². The maximum Gasteiger partial charge on any atom is 0.227 e. The van der Waals surface area contributed by atoms with Gasteiger partial charge < -0.3 is 9.84 Å². The van der Waals surface area contributed by atoms with Crippen molar-refractivity contribution < 1.29 is 4.52 Å². The highest BCUT2D eigenvalue weighted by molar-refractivity contribution is 5.85. The largest absolute Gasteiger partial charge is 0.339 e. The minimum Gasteiger partial charge on any atom is -0.339 e. The van der Waals surface area contributed by atoms with E-state index >= 15 is 0 Å². The molecule has 0 aromatic carbocycles. The van der Waals surface area contributed by atoms with Crippen LogP contribution in [0.25, 0.3) is 0 Å². The number of nitrogens with zero attached hydrogens (tertiary/aromatic N) is 5. The van der Waals surface area contributed by atoms with Gasteiger partial charge in [-0.15, -0.1) is 12.4 Å². The molecule has 0 spiro atoms. The van der Waals surface area contributed by atoms with E-state index in [2.05, 4.69) is 64.9 Å². The highest BCUT2D eigenvalue weighted by atomic mass is 35.5. The number of rotatable bonds is 6.